The Morgan fingerprint density at radius 3 is 2.61 bits per heavy atom. The first-order valence-electron chi connectivity index (χ1n) is 10.7. The van der Waals surface area contributed by atoms with E-state index in [0.29, 0.717) is 24.5 Å². The van der Waals surface area contributed by atoms with Crippen LogP contribution in [-0.2, 0) is 16.4 Å². The van der Waals surface area contributed by atoms with Crippen LogP contribution in [0.25, 0.3) is 0 Å². The van der Waals surface area contributed by atoms with Crippen LogP contribution in [0.4, 0.5) is 0 Å². The molecule has 4 rings (SSSR count). The fourth-order valence-corrected chi connectivity index (χ4v) is 6.30. The molecule has 0 aliphatic carbocycles. The van der Waals surface area contributed by atoms with Gasteiger partial charge in [-0.15, -0.1) is 0 Å². The van der Waals surface area contributed by atoms with Gasteiger partial charge in [0.2, 0.25) is 10.0 Å². The van der Waals surface area contributed by atoms with E-state index < -0.39 is 10.0 Å². The quantitative estimate of drug-likeness (QED) is 0.587. The maximum absolute atomic E-state index is 13.3. The van der Waals surface area contributed by atoms with E-state index in [0.717, 1.165) is 30.7 Å². The van der Waals surface area contributed by atoms with Crippen molar-refractivity contribution in [3.05, 3.63) is 75.9 Å². The van der Waals surface area contributed by atoms with Crippen LogP contribution in [0.15, 0.2) is 45.8 Å². The Labute approximate surface area is 184 Å². The molecule has 31 heavy (non-hydrogen) atoms. The summed E-state index contributed by atoms with van der Waals surface area (Å²) in [5.41, 5.74) is 6.13. The van der Waals surface area contributed by atoms with Crippen LogP contribution in [0.2, 0.25) is 0 Å². The molecule has 0 saturated carbocycles. The third-order valence-corrected chi connectivity index (χ3v) is 8.17. The molecule has 0 radical (unpaired) electrons. The second kappa shape index (κ2) is 8.55. The molecule has 164 valence electrons. The monoisotopic (exact) mass is 439 g/mol. The van der Waals surface area contributed by atoms with Gasteiger partial charge in [-0.1, -0.05) is 29.4 Å². The van der Waals surface area contributed by atoms with Gasteiger partial charge in [0, 0.05) is 30.4 Å². The zero-order valence-electron chi connectivity index (χ0n) is 18.6. The normalized spacial score (nSPS) is 17.7. The van der Waals surface area contributed by atoms with Crippen molar-refractivity contribution in [2.45, 2.75) is 57.8 Å². The predicted octanol–water partition coefficient (Wildman–Crippen LogP) is 4.46. The van der Waals surface area contributed by atoms with E-state index in [4.69, 9.17) is 9.51 Å². The van der Waals surface area contributed by atoms with Crippen molar-refractivity contribution in [2.75, 3.05) is 13.1 Å². The molecular formula is C24H29N3O3S. The summed E-state index contributed by atoms with van der Waals surface area (Å²) in [5.74, 6) is 0.410. The largest absolute Gasteiger partial charge is 0.360 e. The lowest BCUT2D eigenvalue weighted by molar-refractivity contribution is 0.311. The van der Waals surface area contributed by atoms with Crippen LogP contribution in [-0.4, -0.2) is 36.0 Å². The highest BCUT2D eigenvalue weighted by Gasteiger charge is 2.35. The van der Waals surface area contributed by atoms with E-state index in [1.165, 1.54) is 16.7 Å². The molecule has 1 aromatic carbocycles. The van der Waals surface area contributed by atoms with E-state index in [9.17, 15) is 8.42 Å². The van der Waals surface area contributed by atoms with Gasteiger partial charge in [-0.25, -0.2) is 8.42 Å². The van der Waals surface area contributed by atoms with Gasteiger partial charge in [0.15, 0.2) is 5.76 Å². The van der Waals surface area contributed by atoms with Gasteiger partial charge in [-0.05, 0) is 75.8 Å². The van der Waals surface area contributed by atoms with Crippen molar-refractivity contribution in [3.63, 3.8) is 0 Å². The van der Waals surface area contributed by atoms with Crippen LogP contribution in [0, 0.1) is 27.7 Å². The van der Waals surface area contributed by atoms with E-state index in [1.54, 1.807) is 18.2 Å². The van der Waals surface area contributed by atoms with Gasteiger partial charge in [-0.2, -0.15) is 4.31 Å². The highest BCUT2D eigenvalue weighted by molar-refractivity contribution is 7.89. The average Bonchev–Trinajstić information content (AvgIpc) is 3.08. The Balaban J connectivity index is 1.60. The van der Waals surface area contributed by atoms with E-state index in [-0.39, 0.29) is 10.8 Å². The topological polar surface area (TPSA) is 76.3 Å². The first-order chi connectivity index (χ1) is 14.8. The lowest BCUT2D eigenvalue weighted by atomic mass is 9.93. The van der Waals surface area contributed by atoms with Gasteiger partial charge < -0.3 is 4.52 Å². The van der Waals surface area contributed by atoms with Gasteiger partial charge in [0.1, 0.15) is 10.6 Å². The molecule has 0 spiro atoms. The molecule has 2 aromatic heterocycles. The Morgan fingerprint density at radius 1 is 1.13 bits per heavy atom. The van der Waals surface area contributed by atoms with Gasteiger partial charge in [0.25, 0.3) is 0 Å². The zero-order valence-corrected chi connectivity index (χ0v) is 19.4. The summed E-state index contributed by atoms with van der Waals surface area (Å²) < 4.78 is 33.3. The molecule has 1 fully saturated rings. The van der Waals surface area contributed by atoms with Crippen molar-refractivity contribution < 1.29 is 12.9 Å². The summed E-state index contributed by atoms with van der Waals surface area (Å²) in [6, 6.07) is 12.7. The number of hydrogen-bond acceptors (Lipinski definition) is 5. The maximum atomic E-state index is 13.3. The van der Waals surface area contributed by atoms with E-state index in [2.05, 4.69) is 48.5 Å². The third kappa shape index (κ3) is 4.43. The summed E-state index contributed by atoms with van der Waals surface area (Å²) in [4.78, 5) is 4.98. The Morgan fingerprint density at radius 2 is 1.90 bits per heavy atom. The zero-order chi connectivity index (χ0) is 22.2. The molecular weight excluding hydrogens is 410 g/mol. The number of nitrogens with zero attached hydrogens (tertiary/aromatic N) is 3. The van der Waals surface area contributed by atoms with Crippen LogP contribution in [0.3, 0.4) is 0 Å². The van der Waals surface area contributed by atoms with Crippen molar-refractivity contribution >= 4 is 10.0 Å². The fourth-order valence-electron chi connectivity index (χ4n) is 4.48. The SMILES string of the molecule is Cc1cc(Cc2ccccc2C)cc([C@H]2CCCN(S(=O)(=O)c3c(C)noc3C)C2)n1. The van der Waals surface area contributed by atoms with Gasteiger partial charge in [-0.3, -0.25) is 4.98 Å². The van der Waals surface area contributed by atoms with Crippen LogP contribution < -0.4 is 0 Å². The number of piperidine rings is 1. The number of sulfonamides is 1. The lowest BCUT2D eigenvalue weighted by Gasteiger charge is -2.31. The molecule has 7 heteroatoms. The van der Waals surface area contributed by atoms with Crippen molar-refractivity contribution in [2.24, 2.45) is 0 Å². The molecule has 0 unspecified atom stereocenters. The Bertz CT molecular complexity index is 1180. The minimum atomic E-state index is -3.65. The van der Waals surface area contributed by atoms with E-state index >= 15 is 0 Å². The molecule has 1 atom stereocenters. The second-order valence-electron chi connectivity index (χ2n) is 8.50. The first-order valence-corrected chi connectivity index (χ1v) is 12.1. The molecule has 0 N–H and O–H groups in total. The number of pyridine rings is 1. The number of benzene rings is 1. The molecule has 0 amide bonds. The molecule has 1 aliphatic heterocycles. The summed E-state index contributed by atoms with van der Waals surface area (Å²) in [6.07, 6.45) is 2.57. The summed E-state index contributed by atoms with van der Waals surface area (Å²) in [6.45, 7) is 8.38. The molecule has 3 aromatic rings. The third-order valence-electron chi connectivity index (χ3n) is 6.06. The van der Waals surface area contributed by atoms with Gasteiger partial charge >= 0.3 is 0 Å². The number of rotatable bonds is 5. The number of aryl methyl sites for hydroxylation is 4. The molecule has 3 heterocycles. The predicted molar refractivity (Wildman–Crippen MR) is 120 cm³/mol. The minimum Gasteiger partial charge on any atom is -0.360 e. The highest BCUT2D eigenvalue weighted by atomic mass is 32.2. The van der Waals surface area contributed by atoms with Gasteiger partial charge in [0.05, 0.1) is 0 Å². The minimum absolute atomic E-state index is 0.0690. The Kier molecular flexibility index (Phi) is 5.99. The number of aromatic nitrogens is 2. The second-order valence-corrected chi connectivity index (χ2v) is 10.4. The van der Waals surface area contributed by atoms with Crippen molar-refractivity contribution in [1.82, 2.24) is 14.4 Å². The molecule has 1 saturated heterocycles. The molecule has 1 aliphatic rings. The first kappa shape index (κ1) is 21.7. The summed E-state index contributed by atoms with van der Waals surface area (Å²) >= 11 is 0. The number of hydrogen-bond donors (Lipinski definition) is 0. The van der Waals surface area contributed by atoms with Crippen molar-refractivity contribution in [1.29, 1.82) is 0 Å². The molecule has 0 bridgehead atoms. The summed E-state index contributed by atoms with van der Waals surface area (Å²) in [7, 11) is -3.65. The lowest BCUT2D eigenvalue weighted by Crippen LogP contribution is -2.39. The standard InChI is InChI=1S/C24H29N3O3S/c1-16-8-5-6-9-21(16)13-20-12-17(2)25-23(14-20)22-10-7-11-27(15-22)31(28,29)24-18(3)26-30-19(24)4/h5-6,8-9,12,14,22H,7,10-11,13,15H2,1-4H3/t22-/m0/s1. The maximum Gasteiger partial charge on any atom is 0.248 e. The van der Waals surface area contributed by atoms with Crippen LogP contribution >= 0.6 is 0 Å². The Hall–Kier alpha value is -2.51. The fraction of sp³-hybridized carbons (Fsp3) is 0.417. The molecule has 6 nitrogen and oxygen atoms in total. The van der Waals surface area contributed by atoms with Crippen LogP contribution in [0.1, 0.15) is 58.3 Å². The smallest absolute Gasteiger partial charge is 0.248 e. The average molecular weight is 440 g/mol. The van der Waals surface area contributed by atoms with E-state index in [1.807, 2.05) is 6.92 Å². The van der Waals surface area contributed by atoms with Crippen molar-refractivity contribution in [3.8, 4) is 0 Å². The highest BCUT2D eigenvalue weighted by Crippen LogP contribution is 2.32. The van der Waals surface area contributed by atoms with Crippen LogP contribution in [0.5, 0.6) is 0 Å². The summed E-state index contributed by atoms with van der Waals surface area (Å²) in [5, 5.41) is 3.83.